The molecule has 1 atom stereocenters. The summed E-state index contributed by atoms with van der Waals surface area (Å²) < 4.78 is 21.5. The molecule has 1 aromatic heterocycles. The van der Waals surface area contributed by atoms with Crippen LogP contribution in [-0.4, -0.2) is 86.4 Å². The van der Waals surface area contributed by atoms with Crippen LogP contribution < -0.4 is 16.0 Å². The van der Waals surface area contributed by atoms with E-state index in [2.05, 4.69) is 31.5 Å². The van der Waals surface area contributed by atoms with E-state index < -0.39 is 29.6 Å². The maximum absolute atomic E-state index is 15.0. The second-order valence-electron chi connectivity index (χ2n) is 10.2. The van der Waals surface area contributed by atoms with Crippen LogP contribution >= 0.6 is 11.6 Å². The summed E-state index contributed by atoms with van der Waals surface area (Å²) >= 11 is 5.97. The van der Waals surface area contributed by atoms with Crippen molar-refractivity contribution in [1.82, 2.24) is 30.4 Å². The van der Waals surface area contributed by atoms with Crippen LogP contribution in [0, 0.1) is 5.82 Å². The highest BCUT2D eigenvalue weighted by Gasteiger charge is 2.22. The Hall–Kier alpha value is -5.67. The van der Waals surface area contributed by atoms with Crippen molar-refractivity contribution < 1.29 is 33.4 Å². The van der Waals surface area contributed by atoms with Gasteiger partial charge in [0.2, 0.25) is 11.8 Å². The van der Waals surface area contributed by atoms with Gasteiger partial charge in [-0.1, -0.05) is 23.7 Å². The van der Waals surface area contributed by atoms with Crippen molar-refractivity contribution in [3.8, 4) is 5.69 Å². The molecule has 1 saturated heterocycles. The molecule has 1 unspecified atom stereocenters. The van der Waals surface area contributed by atoms with Crippen LogP contribution in [0.25, 0.3) is 11.8 Å². The van der Waals surface area contributed by atoms with Gasteiger partial charge in [-0.15, -0.1) is 5.10 Å². The summed E-state index contributed by atoms with van der Waals surface area (Å²) in [6.45, 7) is 1.90. The van der Waals surface area contributed by atoms with E-state index in [1.54, 1.807) is 29.2 Å². The fourth-order valence-electron chi connectivity index (χ4n) is 4.63. The first-order valence-corrected chi connectivity index (χ1v) is 14.6. The van der Waals surface area contributed by atoms with E-state index in [4.69, 9.17) is 21.4 Å². The summed E-state index contributed by atoms with van der Waals surface area (Å²) in [4.78, 5) is 51.9. The number of ether oxygens (including phenoxy) is 1. The molecule has 0 radical (unpaired) electrons. The summed E-state index contributed by atoms with van der Waals surface area (Å²) in [5.41, 5.74) is 1.70. The summed E-state index contributed by atoms with van der Waals surface area (Å²) in [6, 6.07) is 13.7. The van der Waals surface area contributed by atoms with E-state index in [1.807, 2.05) is 0 Å². The zero-order valence-electron chi connectivity index (χ0n) is 24.6. The van der Waals surface area contributed by atoms with Gasteiger partial charge in [0.05, 0.1) is 29.5 Å². The predicted octanol–water partition coefficient (Wildman–Crippen LogP) is 3.40. The van der Waals surface area contributed by atoms with Gasteiger partial charge in [-0.2, -0.15) is 4.68 Å². The highest BCUT2D eigenvalue weighted by atomic mass is 35.5. The van der Waals surface area contributed by atoms with Gasteiger partial charge in [0.25, 0.3) is 0 Å². The number of anilines is 2. The number of hydrogen-bond donors (Lipinski definition) is 4. The largest absolute Gasteiger partial charge is 0.478 e. The molecule has 1 aliphatic rings. The lowest BCUT2D eigenvalue weighted by molar-refractivity contribution is -0.123. The van der Waals surface area contributed by atoms with Crippen molar-refractivity contribution in [3.63, 3.8) is 0 Å². The quantitative estimate of drug-likeness (QED) is 0.185. The number of aromatic carboxylic acids is 1. The van der Waals surface area contributed by atoms with E-state index in [1.165, 1.54) is 53.5 Å². The van der Waals surface area contributed by atoms with Gasteiger partial charge in [0.1, 0.15) is 12.4 Å². The maximum Gasteiger partial charge on any atom is 0.335 e. The lowest BCUT2D eigenvalue weighted by Gasteiger charge is -2.27. The molecule has 47 heavy (non-hydrogen) atoms. The molecule has 2 heterocycles. The number of nitrogens with one attached hydrogen (secondary N) is 3. The van der Waals surface area contributed by atoms with Gasteiger partial charge in [0, 0.05) is 42.5 Å². The van der Waals surface area contributed by atoms with Crippen LogP contribution in [0.15, 0.2) is 73.1 Å². The third-order valence-electron chi connectivity index (χ3n) is 7.08. The summed E-state index contributed by atoms with van der Waals surface area (Å²) in [5, 5.41) is 28.0. The number of benzene rings is 3. The van der Waals surface area contributed by atoms with E-state index in [9.17, 15) is 23.6 Å². The Balaban J connectivity index is 1.33. The lowest BCUT2D eigenvalue weighted by Crippen LogP contribution is -2.44. The molecule has 4 N–H and O–H groups in total. The number of carbonyl (C=O) groups excluding carboxylic acids is 3. The van der Waals surface area contributed by atoms with Gasteiger partial charge >= 0.3 is 12.0 Å². The van der Waals surface area contributed by atoms with Gasteiger partial charge in [0.15, 0.2) is 5.82 Å². The highest BCUT2D eigenvalue weighted by molar-refractivity contribution is 6.31. The van der Waals surface area contributed by atoms with E-state index >= 15 is 0 Å². The molecule has 0 spiro atoms. The molecular weight excluding hydrogens is 635 g/mol. The minimum Gasteiger partial charge on any atom is -0.478 e. The summed E-state index contributed by atoms with van der Waals surface area (Å²) in [6.07, 6.45) is 3.54. The monoisotopic (exact) mass is 662 g/mol. The molecular formula is C31H28ClFN8O6. The maximum atomic E-state index is 15.0. The highest BCUT2D eigenvalue weighted by Crippen LogP contribution is 2.25. The van der Waals surface area contributed by atoms with Crippen molar-refractivity contribution in [1.29, 1.82) is 0 Å². The van der Waals surface area contributed by atoms with Crippen LogP contribution in [0.4, 0.5) is 20.6 Å². The number of urea groups is 1. The smallest absolute Gasteiger partial charge is 0.335 e. The number of carboxylic acids is 1. The van der Waals surface area contributed by atoms with Crippen LogP contribution in [0.2, 0.25) is 5.02 Å². The van der Waals surface area contributed by atoms with Crippen molar-refractivity contribution >= 4 is 52.9 Å². The van der Waals surface area contributed by atoms with Gasteiger partial charge in [-0.05, 0) is 70.6 Å². The first kappa shape index (κ1) is 32.7. The van der Waals surface area contributed by atoms with E-state index in [-0.39, 0.29) is 34.3 Å². The molecule has 0 aliphatic carbocycles. The van der Waals surface area contributed by atoms with Gasteiger partial charge < -0.3 is 30.7 Å². The molecule has 5 rings (SSSR count). The lowest BCUT2D eigenvalue weighted by atomic mass is 10.0. The number of rotatable bonds is 10. The van der Waals surface area contributed by atoms with Crippen LogP contribution in [0.5, 0.6) is 0 Å². The third kappa shape index (κ3) is 8.53. The Bertz CT molecular complexity index is 1780. The number of carboxylic acid groups (broad SMARTS) is 1. The van der Waals surface area contributed by atoms with Crippen LogP contribution in [0.1, 0.15) is 21.5 Å². The van der Waals surface area contributed by atoms with E-state index in [0.717, 1.165) is 6.08 Å². The zero-order chi connectivity index (χ0) is 33.3. The molecule has 0 bridgehead atoms. The molecule has 1 aliphatic heterocycles. The molecule has 242 valence electrons. The molecule has 3 aromatic carbocycles. The van der Waals surface area contributed by atoms with Crippen molar-refractivity contribution in [2.45, 2.75) is 12.5 Å². The number of aromatic nitrogens is 4. The number of tetrazole rings is 1. The van der Waals surface area contributed by atoms with Crippen molar-refractivity contribution in [3.05, 3.63) is 101 Å². The first-order chi connectivity index (χ1) is 22.7. The Labute approximate surface area is 272 Å². The second-order valence-corrected chi connectivity index (χ2v) is 10.7. The molecule has 16 heteroatoms. The average molecular weight is 663 g/mol. The Morgan fingerprint density at radius 2 is 1.66 bits per heavy atom. The van der Waals surface area contributed by atoms with Gasteiger partial charge in [-0.25, -0.2) is 14.0 Å². The number of hydrogen-bond acceptors (Lipinski definition) is 8. The average Bonchev–Trinajstić information content (AvgIpc) is 3.61. The number of nitrogens with zero attached hydrogens (tertiary/aromatic N) is 5. The molecule has 14 nitrogen and oxygen atoms in total. The predicted molar refractivity (Wildman–Crippen MR) is 169 cm³/mol. The fourth-order valence-corrected chi connectivity index (χ4v) is 4.79. The van der Waals surface area contributed by atoms with Crippen LogP contribution in [0.3, 0.4) is 0 Å². The number of carbonyl (C=O) groups is 4. The standard InChI is InChI=1S/C31H28ClFN8O6/c32-24-10-11-26(41-18-34-38-39-41)23(28(24)33)9-12-27(42)37-25(29(43)35-21-7-3-20(4-8-21)30(44)45)17-19-1-5-22(6-2-19)36-31(46)40-13-15-47-16-14-40/h1-12,18,25H,13-17H2,(H,35,43)(H,36,46)(H,37,42)(H,44,45). The zero-order valence-corrected chi connectivity index (χ0v) is 25.4. The normalized spacial score (nSPS) is 13.6. The fraction of sp³-hybridized carbons (Fsp3) is 0.194. The third-order valence-corrected chi connectivity index (χ3v) is 7.37. The Morgan fingerprint density at radius 1 is 0.979 bits per heavy atom. The summed E-state index contributed by atoms with van der Waals surface area (Å²) in [7, 11) is 0. The minimum atomic E-state index is -1.12. The SMILES string of the molecule is O=C(C=Cc1c(-n2cnnn2)ccc(Cl)c1F)NC(Cc1ccc(NC(=O)N2CCOCC2)cc1)C(=O)Nc1ccc(C(=O)O)cc1. The molecule has 1 fully saturated rings. The number of amides is 4. The molecule has 4 amide bonds. The molecule has 4 aromatic rings. The number of morpholine rings is 1. The Morgan fingerprint density at radius 3 is 2.32 bits per heavy atom. The molecule has 0 saturated carbocycles. The summed E-state index contributed by atoms with van der Waals surface area (Å²) in [5.74, 6) is -3.24. The minimum absolute atomic E-state index is 0.0353. The topological polar surface area (TPSA) is 181 Å². The Kier molecular flexibility index (Phi) is 10.5. The number of halogens is 2. The van der Waals surface area contributed by atoms with E-state index in [0.29, 0.717) is 43.2 Å². The van der Waals surface area contributed by atoms with Crippen molar-refractivity contribution in [2.75, 3.05) is 36.9 Å². The first-order valence-electron chi connectivity index (χ1n) is 14.2. The van der Waals surface area contributed by atoms with Crippen molar-refractivity contribution in [2.24, 2.45) is 0 Å². The van der Waals surface area contributed by atoms with Crippen LogP contribution in [-0.2, 0) is 20.7 Å². The van der Waals surface area contributed by atoms with Gasteiger partial charge in [-0.3, -0.25) is 9.59 Å². The second kappa shape index (κ2) is 15.1.